The number of amidine groups is 2. The van der Waals surface area contributed by atoms with E-state index in [9.17, 15) is 8.42 Å². The van der Waals surface area contributed by atoms with E-state index in [1.807, 2.05) is 43.3 Å². The summed E-state index contributed by atoms with van der Waals surface area (Å²) in [4.78, 5) is 0.237. The molecule has 1 aliphatic heterocycles. The standard InChI is InChI=1S/C32H31N5O5S/c1-32(19-21-7-3-2-4-8-21)20-28(43(40,41)25-17-13-23(14-18-25)30(33)36-38)29(42-32)22-11-15-24(16-12-22)35-27-10-6-5-9-26(27)31(34)37-39/h2-18,35,38-39H,19-20H2,1H3,(H2,33,36)(H2,34,37). The molecule has 7 N–H and O–H groups in total. The van der Waals surface area contributed by atoms with Gasteiger partial charge in [0, 0.05) is 40.9 Å². The van der Waals surface area contributed by atoms with Gasteiger partial charge in [-0.25, -0.2) is 8.42 Å². The summed E-state index contributed by atoms with van der Waals surface area (Å²) in [5, 5.41) is 27.4. The van der Waals surface area contributed by atoms with Crippen LogP contribution in [0.3, 0.4) is 0 Å². The summed E-state index contributed by atoms with van der Waals surface area (Å²) >= 11 is 0. The van der Waals surface area contributed by atoms with Crippen molar-refractivity contribution >= 4 is 38.6 Å². The number of benzene rings is 4. The van der Waals surface area contributed by atoms with Crippen molar-refractivity contribution in [3.05, 3.63) is 130 Å². The van der Waals surface area contributed by atoms with Crippen LogP contribution in [-0.4, -0.2) is 36.1 Å². The zero-order valence-corrected chi connectivity index (χ0v) is 24.1. The summed E-state index contributed by atoms with van der Waals surface area (Å²) in [7, 11) is -3.98. The van der Waals surface area contributed by atoms with Crippen LogP contribution in [0.5, 0.6) is 0 Å². The Morgan fingerprint density at radius 3 is 2.14 bits per heavy atom. The van der Waals surface area contributed by atoms with Crippen LogP contribution in [0.25, 0.3) is 5.76 Å². The fourth-order valence-electron chi connectivity index (χ4n) is 5.06. The highest BCUT2D eigenvalue weighted by atomic mass is 32.2. The number of ether oxygens (including phenoxy) is 1. The molecule has 1 unspecified atom stereocenters. The number of nitrogens with zero attached hydrogens (tertiary/aromatic N) is 2. The number of hydrogen-bond acceptors (Lipinski definition) is 8. The number of para-hydroxylation sites is 1. The molecule has 0 saturated heterocycles. The van der Waals surface area contributed by atoms with Gasteiger partial charge in [0.2, 0.25) is 9.84 Å². The third-order valence-electron chi connectivity index (χ3n) is 7.19. The molecule has 1 atom stereocenters. The van der Waals surface area contributed by atoms with Crippen LogP contribution in [-0.2, 0) is 21.0 Å². The third-order valence-corrected chi connectivity index (χ3v) is 9.06. The predicted octanol–water partition coefficient (Wildman–Crippen LogP) is 5.18. The Kier molecular flexibility index (Phi) is 8.09. The SMILES string of the molecule is CC1(Cc2ccccc2)CC(S(=O)(=O)c2ccc(/C(N)=N/O)cc2)=C(c2ccc(Nc3ccccc3/C(N)=N/O)cc2)O1. The van der Waals surface area contributed by atoms with Gasteiger partial charge in [-0.1, -0.05) is 52.8 Å². The van der Waals surface area contributed by atoms with Gasteiger partial charge in [0.05, 0.1) is 9.80 Å². The Balaban J connectivity index is 1.51. The van der Waals surface area contributed by atoms with E-state index in [-0.39, 0.29) is 33.7 Å². The molecule has 0 saturated carbocycles. The van der Waals surface area contributed by atoms with Crippen LogP contribution in [0, 0.1) is 0 Å². The monoisotopic (exact) mass is 597 g/mol. The highest BCUT2D eigenvalue weighted by Gasteiger charge is 2.43. The molecule has 220 valence electrons. The molecule has 10 nitrogen and oxygen atoms in total. The van der Waals surface area contributed by atoms with Crippen LogP contribution >= 0.6 is 0 Å². The maximum Gasteiger partial charge on any atom is 0.206 e. The molecular weight excluding hydrogens is 566 g/mol. The first-order chi connectivity index (χ1) is 20.6. The van der Waals surface area contributed by atoms with Crippen LogP contribution in [0.2, 0.25) is 0 Å². The number of nitrogens with two attached hydrogens (primary N) is 2. The van der Waals surface area contributed by atoms with Crippen molar-refractivity contribution < 1.29 is 23.6 Å². The van der Waals surface area contributed by atoms with Crippen LogP contribution < -0.4 is 16.8 Å². The van der Waals surface area contributed by atoms with E-state index in [0.29, 0.717) is 34.5 Å². The maximum atomic E-state index is 14.0. The second-order valence-corrected chi connectivity index (χ2v) is 12.4. The summed E-state index contributed by atoms with van der Waals surface area (Å²) in [6.07, 6.45) is 0.664. The highest BCUT2D eigenvalue weighted by Crippen LogP contribution is 2.45. The fraction of sp³-hybridized carbons (Fsp3) is 0.125. The summed E-state index contributed by atoms with van der Waals surface area (Å²) in [6.45, 7) is 1.91. The van der Waals surface area contributed by atoms with E-state index in [4.69, 9.17) is 26.6 Å². The molecule has 0 spiro atoms. The van der Waals surface area contributed by atoms with Gasteiger partial charge in [-0.15, -0.1) is 0 Å². The molecule has 1 aliphatic rings. The largest absolute Gasteiger partial charge is 0.485 e. The zero-order valence-electron chi connectivity index (χ0n) is 23.3. The Morgan fingerprint density at radius 2 is 1.49 bits per heavy atom. The number of nitrogens with one attached hydrogen (secondary N) is 1. The Hall–Kier alpha value is -5.29. The van der Waals surface area contributed by atoms with Gasteiger partial charge < -0.3 is 31.9 Å². The molecular formula is C32H31N5O5S. The number of anilines is 2. The topological polar surface area (TPSA) is 173 Å². The summed E-state index contributed by atoms with van der Waals surface area (Å²) in [5.41, 5.74) is 14.6. The Labute approximate surface area is 249 Å². The number of hydrogen-bond donors (Lipinski definition) is 5. The number of sulfone groups is 1. The minimum Gasteiger partial charge on any atom is -0.485 e. The molecule has 43 heavy (non-hydrogen) atoms. The lowest BCUT2D eigenvalue weighted by Crippen LogP contribution is -2.27. The maximum absolute atomic E-state index is 14.0. The van der Waals surface area contributed by atoms with E-state index < -0.39 is 15.4 Å². The first kappa shape index (κ1) is 29.2. The van der Waals surface area contributed by atoms with E-state index >= 15 is 0 Å². The Bertz CT molecular complexity index is 1820. The molecule has 0 aromatic heterocycles. The summed E-state index contributed by atoms with van der Waals surface area (Å²) in [6, 6.07) is 29.9. The van der Waals surface area contributed by atoms with Crippen LogP contribution in [0.4, 0.5) is 11.4 Å². The second-order valence-electron chi connectivity index (χ2n) is 10.4. The molecule has 4 aromatic rings. The Morgan fingerprint density at radius 1 is 0.860 bits per heavy atom. The van der Waals surface area contributed by atoms with Crippen LogP contribution in [0.15, 0.2) is 123 Å². The first-order valence-corrected chi connectivity index (χ1v) is 14.9. The fourth-order valence-corrected chi connectivity index (χ4v) is 6.73. The van der Waals surface area contributed by atoms with Crippen molar-refractivity contribution in [2.24, 2.45) is 21.8 Å². The molecule has 0 amide bonds. The highest BCUT2D eigenvalue weighted by molar-refractivity contribution is 7.95. The van der Waals surface area contributed by atoms with Crippen LogP contribution in [0.1, 0.15) is 35.6 Å². The average Bonchev–Trinajstić information content (AvgIpc) is 3.39. The summed E-state index contributed by atoms with van der Waals surface area (Å²) in [5.74, 6) is 0.129. The smallest absolute Gasteiger partial charge is 0.206 e. The van der Waals surface area contributed by atoms with Gasteiger partial charge in [0.25, 0.3) is 0 Å². The van der Waals surface area contributed by atoms with Crippen molar-refractivity contribution in [1.29, 1.82) is 0 Å². The molecule has 0 radical (unpaired) electrons. The normalized spacial score (nSPS) is 17.5. The third kappa shape index (κ3) is 6.16. The molecule has 5 rings (SSSR count). The number of rotatable bonds is 9. The van der Waals surface area contributed by atoms with Gasteiger partial charge in [-0.05, 0) is 73.2 Å². The van der Waals surface area contributed by atoms with Gasteiger partial charge >= 0.3 is 0 Å². The van der Waals surface area contributed by atoms with Crippen molar-refractivity contribution in [3.8, 4) is 0 Å². The molecule has 1 heterocycles. The lowest BCUT2D eigenvalue weighted by Gasteiger charge is -2.25. The van der Waals surface area contributed by atoms with E-state index in [1.165, 1.54) is 24.3 Å². The van der Waals surface area contributed by atoms with Gasteiger partial charge in [-0.3, -0.25) is 0 Å². The van der Waals surface area contributed by atoms with Crippen molar-refractivity contribution in [3.63, 3.8) is 0 Å². The van der Waals surface area contributed by atoms with Gasteiger partial charge in [0.1, 0.15) is 11.4 Å². The van der Waals surface area contributed by atoms with Crippen molar-refractivity contribution in [1.82, 2.24) is 0 Å². The van der Waals surface area contributed by atoms with Gasteiger partial charge in [0.15, 0.2) is 11.7 Å². The average molecular weight is 598 g/mol. The quantitative estimate of drug-likeness (QED) is 0.0759. The molecule has 0 fully saturated rings. The van der Waals surface area contributed by atoms with Gasteiger partial charge in [-0.2, -0.15) is 0 Å². The summed E-state index contributed by atoms with van der Waals surface area (Å²) < 4.78 is 34.6. The molecule has 0 bridgehead atoms. The lowest BCUT2D eigenvalue weighted by molar-refractivity contribution is 0.0800. The minimum absolute atomic E-state index is 0.0313. The van der Waals surface area contributed by atoms with E-state index in [1.54, 1.807) is 42.5 Å². The zero-order chi connectivity index (χ0) is 30.6. The second kappa shape index (κ2) is 11.9. The molecule has 4 aromatic carbocycles. The van der Waals surface area contributed by atoms with E-state index in [0.717, 1.165) is 5.56 Å². The van der Waals surface area contributed by atoms with E-state index in [2.05, 4.69) is 15.6 Å². The first-order valence-electron chi connectivity index (χ1n) is 13.4. The molecule has 11 heteroatoms. The lowest BCUT2D eigenvalue weighted by atomic mass is 9.94. The number of oxime groups is 2. The molecule has 0 aliphatic carbocycles. The predicted molar refractivity (Wildman–Crippen MR) is 166 cm³/mol. The minimum atomic E-state index is -3.98. The van der Waals surface area contributed by atoms with Crippen molar-refractivity contribution in [2.45, 2.75) is 30.3 Å². The van der Waals surface area contributed by atoms with Crippen molar-refractivity contribution in [2.75, 3.05) is 5.32 Å².